The van der Waals surface area contributed by atoms with Gasteiger partial charge in [-0.05, 0) is 36.6 Å². The van der Waals surface area contributed by atoms with Crippen LogP contribution < -0.4 is 10.6 Å². The van der Waals surface area contributed by atoms with Gasteiger partial charge >= 0.3 is 0 Å². The molecule has 1 aromatic carbocycles. The number of amides is 1. The zero-order valence-corrected chi connectivity index (χ0v) is 11.1. The van der Waals surface area contributed by atoms with E-state index in [1.807, 2.05) is 23.1 Å². The van der Waals surface area contributed by atoms with Gasteiger partial charge in [0.25, 0.3) is 0 Å². The number of benzene rings is 1. The van der Waals surface area contributed by atoms with Crippen LogP contribution in [0.2, 0.25) is 0 Å². The molecule has 0 fully saturated rings. The van der Waals surface area contributed by atoms with E-state index >= 15 is 0 Å². The van der Waals surface area contributed by atoms with Crippen molar-refractivity contribution in [3.8, 4) is 0 Å². The molecule has 1 aliphatic rings. The topological polar surface area (TPSA) is 46.3 Å². The largest absolute Gasteiger partial charge is 0.399 e. The zero-order chi connectivity index (χ0) is 13.3. The summed E-state index contributed by atoms with van der Waals surface area (Å²) in [4.78, 5) is 14.5. The third-order valence-electron chi connectivity index (χ3n) is 4.00. The lowest BCUT2D eigenvalue weighted by Gasteiger charge is -2.25. The highest BCUT2D eigenvalue weighted by Crippen LogP contribution is 2.46. The maximum atomic E-state index is 12.7. The number of rotatable bonds is 4. The SMILES string of the molecule is C=CCN1C(=O)C(CC)(CC)c2cc(N)ccc21. The van der Waals surface area contributed by atoms with Gasteiger partial charge in [0.2, 0.25) is 5.91 Å². The molecule has 0 aliphatic carbocycles. The average Bonchev–Trinajstić information content (AvgIpc) is 2.60. The molecule has 0 atom stereocenters. The van der Waals surface area contributed by atoms with Crippen molar-refractivity contribution in [3.05, 3.63) is 36.4 Å². The van der Waals surface area contributed by atoms with Crippen LogP contribution in [0.4, 0.5) is 11.4 Å². The number of fused-ring (bicyclic) bond motifs is 1. The summed E-state index contributed by atoms with van der Waals surface area (Å²) in [5.74, 6) is 0.174. The molecule has 2 N–H and O–H groups in total. The second kappa shape index (κ2) is 4.48. The van der Waals surface area contributed by atoms with Crippen LogP contribution in [0.3, 0.4) is 0 Å². The highest BCUT2D eigenvalue weighted by atomic mass is 16.2. The van der Waals surface area contributed by atoms with E-state index in [1.165, 1.54) is 0 Å². The van der Waals surface area contributed by atoms with Crippen LogP contribution in [0.5, 0.6) is 0 Å². The predicted molar refractivity (Wildman–Crippen MR) is 75.7 cm³/mol. The lowest BCUT2D eigenvalue weighted by atomic mass is 9.77. The number of carbonyl (C=O) groups excluding carboxylic acids is 1. The summed E-state index contributed by atoms with van der Waals surface area (Å²) >= 11 is 0. The van der Waals surface area contributed by atoms with Gasteiger partial charge in [0.05, 0.1) is 5.41 Å². The van der Waals surface area contributed by atoms with Gasteiger partial charge in [-0.15, -0.1) is 6.58 Å². The number of carbonyl (C=O) groups is 1. The molecule has 0 bridgehead atoms. The maximum absolute atomic E-state index is 12.7. The monoisotopic (exact) mass is 244 g/mol. The van der Waals surface area contributed by atoms with Crippen LogP contribution in [0.25, 0.3) is 0 Å². The minimum absolute atomic E-state index is 0.174. The van der Waals surface area contributed by atoms with E-state index in [-0.39, 0.29) is 5.91 Å². The molecular weight excluding hydrogens is 224 g/mol. The van der Waals surface area contributed by atoms with Gasteiger partial charge in [-0.1, -0.05) is 19.9 Å². The smallest absolute Gasteiger partial charge is 0.237 e. The first-order valence-electron chi connectivity index (χ1n) is 6.43. The second-order valence-corrected chi connectivity index (χ2v) is 4.77. The predicted octanol–water partition coefficient (Wildman–Crippen LogP) is 2.86. The van der Waals surface area contributed by atoms with Crippen molar-refractivity contribution in [1.29, 1.82) is 0 Å². The number of nitrogens with two attached hydrogens (primary N) is 1. The molecule has 0 aromatic heterocycles. The summed E-state index contributed by atoms with van der Waals surface area (Å²) in [6.45, 7) is 8.41. The Kier molecular flexibility index (Phi) is 3.16. The van der Waals surface area contributed by atoms with E-state index in [9.17, 15) is 4.79 Å². The van der Waals surface area contributed by atoms with Gasteiger partial charge in [-0.25, -0.2) is 0 Å². The fourth-order valence-corrected chi connectivity index (χ4v) is 2.90. The summed E-state index contributed by atoms with van der Waals surface area (Å²) in [6, 6.07) is 5.74. The van der Waals surface area contributed by atoms with Gasteiger partial charge in [-0.3, -0.25) is 4.79 Å². The van der Waals surface area contributed by atoms with Crippen molar-refractivity contribution in [3.63, 3.8) is 0 Å². The number of nitrogens with zero attached hydrogens (tertiary/aromatic N) is 1. The van der Waals surface area contributed by atoms with E-state index in [0.717, 1.165) is 24.1 Å². The molecule has 0 saturated carbocycles. The fourth-order valence-electron chi connectivity index (χ4n) is 2.90. The van der Waals surface area contributed by atoms with E-state index < -0.39 is 5.41 Å². The van der Waals surface area contributed by atoms with Crippen molar-refractivity contribution in [2.75, 3.05) is 17.2 Å². The molecule has 1 aromatic rings. The maximum Gasteiger partial charge on any atom is 0.237 e. The first kappa shape index (κ1) is 12.7. The van der Waals surface area contributed by atoms with E-state index in [4.69, 9.17) is 5.73 Å². The standard InChI is InChI=1S/C15H20N2O/c1-4-9-17-13-8-7-11(16)10-12(13)15(5-2,6-3)14(17)18/h4,7-8,10H,1,5-6,9,16H2,2-3H3. The van der Waals surface area contributed by atoms with E-state index in [0.29, 0.717) is 12.2 Å². The Hall–Kier alpha value is -1.77. The van der Waals surface area contributed by atoms with Gasteiger partial charge in [-0.2, -0.15) is 0 Å². The summed E-state index contributed by atoms with van der Waals surface area (Å²) in [6.07, 6.45) is 3.36. The Morgan fingerprint density at radius 2 is 2.06 bits per heavy atom. The van der Waals surface area contributed by atoms with Crippen LogP contribution in [0, 0.1) is 0 Å². The fraction of sp³-hybridized carbons (Fsp3) is 0.400. The summed E-state index contributed by atoms with van der Waals surface area (Å²) in [7, 11) is 0. The number of nitrogen functional groups attached to an aromatic ring is 1. The molecule has 3 heteroatoms. The summed E-state index contributed by atoms with van der Waals surface area (Å²) < 4.78 is 0. The Morgan fingerprint density at radius 3 is 2.61 bits per heavy atom. The van der Waals surface area contributed by atoms with E-state index in [1.54, 1.807) is 6.08 Å². The molecule has 0 radical (unpaired) electrons. The molecule has 1 amide bonds. The van der Waals surface area contributed by atoms with Crippen LogP contribution in [0.1, 0.15) is 32.3 Å². The zero-order valence-electron chi connectivity index (χ0n) is 11.1. The first-order chi connectivity index (χ1) is 8.60. The van der Waals surface area contributed by atoms with Crippen molar-refractivity contribution in [1.82, 2.24) is 0 Å². The lowest BCUT2D eigenvalue weighted by Crippen LogP contribution is -2.39. The average molecular weight is 244 g/mol. The number of hydrogen-bond acceptors (Lipinski definition) is 2. The van der Waals surface area contributed by atoms with Crippen LogP contribution in [-0.2, 0) is 10.2 Å². The molecule has 0 spiro atoms. The van der Waals surface area contributed by atoms with Crippen molar-refractivity contribution in [2.45, 2.75) is 32.1 Å². The molecule has 18 heavy (non-hydrogen) atoms. The number of anilines is 2. The summed E-state index contributed by atoms with van der Waals surface area (Å²) in [5.41, 5.74) is 8.24. The molecule has 0 saturated heterocycles. The van der Waals surface area contributed by atoms with Crippen LogP contribution in [0.15, 0.2) is 30.9 Å². The van der Waals surface area contributed by atoms with Crippen LogP contribution in [-0.4, -0.2) is 12.5 Å². The highest BCUT2D eigenvalue weighted by molar-refractivity contribution is 6.08. The molecule has 0 unspecified atom stereocenters. The van der Waals surface area contributed by atoms with Gasteiger partial charge < -0.3 is 10.6 Å². The van der Waals surface area contributed by atoms with Crippen molar-refractivity contribution < 1.29 is 4.79 Å². The number of hydrogen-bond donors (Lipinski definition) is 1. The molecule has 3 nitrogen and oxygen atoms in total. The Bertz CT molecular complexity index is 489. The Morgan fingerprint density at radius 1 is 1.39 bits per heavy atom. The molecule has 2 rings (SSSR count). The minimum atomic E-state index is -0.409. The lowest BCUT2D eigenvalue weighted by molar-refractivity contribution is -0.123. The highest BCUT2D eigenvalue weighted by Gasteiger charge is 2.47. The molecule has 1 heterocycles. The Balaban J connectivity index is 2.64. The van der Waals surface area contributed by atoms with Gasteiger partial charge in [0.1, 0.15) is 0 Å². The molecule has 96 valence electrons. The van der Waals surface area contributed by atoms with Gasteiger partial charge in [0.15, 0.2) is 0 Å². The van der Waals surface area contributed by atoms with Gasteiger partial charge in [0, 0.05) is 17.9 Å². The molecule has 1 aliphatic heterocycles. The first-order valence-corrected chi connectivity index (χ1v) is 6.43. The quantitative estimate of drug-likeness (QED) is 0.654. The third kappa shape index (κ3) is 1.54. The third-order valence-corrected chi connectivity index (χ3v) is 4.00. The van der Waals surface area contributed by atoms with Crippen molar-refractivity contribution >= 4 is 17.3 Å². The van der Waals surface area contributed by atoms with Crippen molar-refractivity contribution in [2.24, 2.45) is 0 Å². The second-order valence-electron chi connectivity index (χ2n) is 4.77. The van der Waals surface area contributed by atoms with E-state index in [2.05, 4.69) is 20.4 Å². The Labute approximate surface area is 108 Å². The van der Waals surface area contributed by atoms with Crippen LogP contribution >= 0.6 is 0 Å². The summed E-state index contributed by atoms with van der Waals surface area (Å²) in [5, 5.41) is 0. The minimum Gasteiger partial charge on any atom is -0.399 e. The molecular formula is C15H20N2O. The normalized spacial score (nSPS) is 16.8.